The highest BCUT2D eigenvalue weighted by Gasteiger charge is 2.31. The zero-order valence-corrected chi connectivity index (χ0v) is 26.4. The van der Waals surface area contributed by atoms with E-state index < -0.39 is 42.0 Å². The minimum absolute atomic E-state index is 0.182. The van der Waals surface area contributed by atoms with Gasteiger partial charge in [-0.25, -0.2) is 4.79 Å². The summed E-state index contributed by atoms with van der Waals surface area (Å²) in [5, 5.41) is 21.7. The summed E-state index contributed by atoms with van der Waals surface area (Å²) in [5.74, 6) is -2.07. The predicted octanol–water partition coefficient (Wildman–Crippen LogP) is 3.42. The second-order valence-corrected chi connectivity index (χ2v) is 12.3. The lowest BCUT2D eigenvalue weighted by Crippen LogP contribution is -2.58. The fraction of sp³-hybridized carbons (Fsp3) is 0.697. The molecule has 1 aliphatic carbocycles. The van der Waals surface area contributed by atoms with Gasteiger partial charge in [-0.05, 0) is 63.0 Å². The molecule has 0 unspecified atom stereocenters. The fourth-order valence-corrected chi connectivity index (χ4v) is 5.58. The van der Waals surface area contributed by atoms with Crippen LogP contribution in [0.2, 0.25) is 0 Å². The lowest BCUT2D eigenvalue weighted by Gasteiger charge is -2.30. The first-order chi connectivity index (χ1) is 20.6. The standard InChI is InChI=1S/C33H55N5O5/c1-4-5-18-26(36-31(40)28(21-23(2)3)35-25-16-10-7-11-17-25)30(39)38-29(22-24-14-8-6-9-15-24)32(41)37-27(33(42)43)19-12-13-20-34/h6,8-9,14-15,23,25-29,35H,4-5,7,10-13,16-22,34H2,1-3H3,(H,36,40)(H,37,41)(H,38,39)(H,42,43)/t26-,27-,28-,29-/m0/s1. The number of nitrogens with one attached hydrogen (secondary N) is 4. The Labute approximate surface area is 257 Å². The maximum absolute atomic E-state index is 13.7. The average molecular weight is 602 g/mol. The van der Waals surface area contributed by atoms with Gasteiger partial charge < -0.3 is 32.1 Å². The van der Waals surface area contributed by atoms with Gasteiger partial charge in [-0.1, -0.05) is 83.2 Å². The van der Waals surface area contributed by atoms with Crippen LogP contribution < -0.4 is 27.0 Å². The molecule has 7 N–H and O–H groups in total. The van der Waals surface area contributed by atoms with Crippen LogP contribution in [0.4, 0.5) is 0 Å². The predicted molar refractivity (Wildman–Crippen MR) is 169 cm³/mol. The first-order valence-electron chi connectivity index (χ1n) is 16.3. The SMILES string of the molecule is CCCC[C@H](NC(=O)[C@H](CC(C)C)NC1CCCCC1)C(=O)N[C@@H](Cc1ccccc1)C(=O)N[C@@H](CCCCN)C(=O)O. The molecule has 0 radical (unpaired) electrons. The molecule has 2 rings (SSSR count). The first-order valence-corrected chi connectivity index (χ1v) is 16.3. The summed E-state index contributed by atoms with van der Waals surface area (Å²) in [6, 6.07) is 6.21. The van der Waals surface area contributed by atoms with Crippen molar-refractivity contribution in [1.29, 1.82) is 0 Å². The van der Waals surface area contributed by atoms with E-state index in [1.807, 2.05) is 37.3 Å². The molecule has 10 nitrogen and oxygen atoms in total. The van der Waals surface area contributed by atoms with E-state index in [4.69, 9.17) is 5.73 Å². The summed E-state index contributed by atoms with van der Waals surface area (Å²) in [5.41, 5.74) is 6.37. The van der Waals surface area contributed by atoms with Crippen LogP contribution in [0.25, 0.3) is 0 Å². The number of benzene rings is 1. The molecule has 0 saturated heterocycles. The second-order valence-electron chi connectivity index (χ2n) is 12.3. The van der Waals surface area contributed by atoms with Gasteiger partial charge >= 0.3 is 5.97 Å². The Bertz CT molecular complexity index is 983. The zero-order valence-electron chi connectivity index (χ0n) is 26.4. The number of carboxylic acids is 1. The average Bonchev–Trinajstić information content (AvgIpc) is 2.98. The van der Waals surface area contributed by atoms with Crippen LogP contribution in [0.15, 0.2) is 30.3 Å². The molecule has 10 heteroatoms. The lowest BCUT2D eigenvalue weighted by molar-refractivity contribution is -0.142. The second kappa shape index (κ2) is 20.1. The number of amides is 3. The molecule has 4 atom stereocenters. The fourth-order valence-electron chi connectivity index (χ4n) is 5.58. The number of unbranched alkanes of at least 4 members (excludes halogenated alkanes) is 2. The Morgan fingerprint density at radius 3 is 2.00 bits per heavy atom. The number of aliphatic carboxylic acids is 1. The van der Waals surface area contributed by atoms with Gasteiger partial charge in [0.25, 0.3) is 0 Å². The molecule has 1 saturated carbocycles. The Balaban J connectivity index is 2.21. The van der Waals surface area contributed by atoms with Crippen LogP contribution in [-0.2, 0) is 25.6 Å². The lowest BCUT2D eigenvalue weighted by atomic mass is 9.93. The van der Waals surface area contributed by atoms with E-state index in [1.165, 1.54) is 6.42 Å². The Hall–Kier alpha value is -2.98. The summed E-state index contributed by atoms with van der Waals surface area (Å²) in [6.45, 7) is 6.62. The summed E-state index contributed by atoms with van der Waals surface area (Å²) >= 11 is 0. The molecule has 1 aliphatic rings. The van der Waals surface area contributed by atoms with E-state index in [9.17, 15) is 24.3 Å². The highest BCUT2D eigenvalue weighted by Crippen LogP contribution is 2.19. The van der Waals surface area contributed by atoms with E-state index in [0.29, 0.717) is 38.1 Å². The van der Waals surface area contributed by atoms with Crippen molar-refractivity contribution in [2.24, 2.45) is 11.7 Å². The number of rotatable bonds is 20. The maximum Gasteiger partial charge on any atom is 0.326 e. The minimum atomic E-state index is -1.13. The van der Waals surface area contributed by atoms with Crippen LogP contribution in [0.1, 0.15) is 103 Å². The van der Waals surface area contributed by atoms with Gasteiger partial charge in [0.15, 0.2) is 0 Å². The van der Waals surface area contributed by atoms with E-state index in [1.54, 1.807) is 0 Å². The molecule has 1 aromatic rings. The van der Waals surface area contributed by atoms with Crippen molar-refractivity contribution in [3.8, 4) is 0 Å². The van der Waals surface area contributed by atoms with Gasteiger partial charge in [-0.3, -0.25) is 14.4 Å². The Morgan fingerprint density at radius 1 is 0.814 bits per heavy atom. The van der Waals surface area contributed by atoms with E-state index in [-0.39, 0.29) is 24.8 Å². The van der Waals surface area contributed by atoms with Gasteiger partial charge in [0.1, 0.15) is 18.1 Å². The number of nitrogens with two attached hydrogens (primary N) is 1. The summed E-state index contributed by atoms with van der Waals surface area (Å²) in [6.07, 6.45) is 9.88. The quantitative estimate of drug-likeness (QED) is 0.125. The van der Waals surface area contributed by atoms with Gasteiger partial charge in [-0.15, -0.1) is 0 Å². The Morgan fingerprint density at radius 2 is 1.40 bits per heavy atom. The van der Waals surface area contributed by atoms with E-state index in [0.717, 1.165) is 44.1 Å². The molecular formula is C33H55N5O5. The van der Waals surface area contributed by atoms with Crippen molar-refractivity contribution in [1.82, 2.24) is 21.3 Å². The largest absolute Gasteiger partial charge is 0.480 e. The molecule has 3 amide bonds. The maximum atomic E-state index is 13.7. The zero-order chi connectivity index (χ0) is 31.6. The molecule has 1 fully saturated rings. The van der Waals surface area contributed by atoms with Crippen molar-refractivity contribution in [3.05, 3.63) is 35.9 Å². The normalized spacial score (nSPS) is 16.6. The van der Waals surface area contributed by atoms with Gasteiger partial charge in [0.2, 0.25) is 17.7 Å². The third-order valence-corrected chi connectivity index (χ3v) is 8.02. The van der Waals surface area contributed by atoms with Crippen LogP contribution in [-0.4, -0.2) is 65.6 Å². The number of hydrogen-bond donors (Lipinski definition) is 6. The number of carbonyl (C=O) groups excluding carboxylic acids is 3. The monoisotopic (exact) mass is 601 g/mol. The molecule has 242 valence electrons. The van der Waals surface area contributed by atoms with Crippen molar-refractivity contribution >= 4 is 23.7 Å². The van der Waals surface area contributed by atoms with Gasteiger partial charge in [-0.2, -0.15) is 0 Å². The van der Waals surface area contributed by atoms with Crippen molar-refractivity contribution in [2.75, 3.05) is 6.54 Å². The minimum Gasteiger partial charge on any atom is -0.480 e. The van der Waals surface area contributed by atoms with Crippen molar-refractivity contribution < 1.29 is 24.3 Å². The van der Waals surface area contributed by atoms with Crippen LogP contribution in [0, 0.1) is 5.92 Å². The summed E-state index contributed by atoms with van der Waals surface area (Å²) in [7, 11) is 0. The van der Waals surface area contributed by atoms with Crippen LogP contribution in [0.3, 0.4) is 0 Å². The molecule has 0 bridgehead atoms. The molecule has 1 aromatic carbocycles. The number of carbonyl (C=O) groups is 4. The van der Waals surface area contributed by atoms with Gasteiger partial charge in [0, 0.05) is 12.5 Å². The molecule has 0 aromatic heterocycles. The third kappa shape index (κ3) is 13.9. The van der Waals surface area contributed by atoms with E-state index >= 15 is 0 Å². The van der Waals surface area contributed by atoms with E-state index in [2.05, 4.69) is 35.1 Å². The molecule has 0 aliphatic heterocycles. The summed E-state index contributed by atoms with van der Waals surface area (Å²) in [4.78, 5) is 52.6. The number of hydrogen-bond acceptors (Lipinski definition) is 6. The molecule has 43 heavy (non-hydrogen) atoms. The first kappa shape index (κ1) is 36.2. The molecular weight excluding hydrogens is 546 g/mol. The smallest absolute Gasteiger partial charge is 0.326 e. The van der Waals surface area contributed by atoms with Crippen molar-refractivity contribution in [2.45, 2.75) is 134 Å². The highest BCUT2D eigenvalue weighted by atomic mass is 16.4. The highest BCUT2D eigenvalue weighted by molar-refractivity contribution is 5.94. The topological polar surface area (TPSA) is 163 Å². The molecule has 0 heterocycles. The summed E-state index contributed by atoms with van der Waals surface area (Å²) < 4.78 is 0. The third-order valence-electron chi connectivity index (χ3n) is 8.02. The number of carboxylic acid groups (broad SMARTS) is 1. The van der Waals surface area contributed by atoms with Crippen LogP contribution >= 0.6 is 0 Å². The van der Waals surface area contributed by atoms with Gasteiger partial charge in [0.05, 0.1) is 6.04 Å². The van der Waals surface area contributed by atoms with Crippen LogP contribution in [0.5, 0.6) is 0 Å². The Kier molecular flexibility index (Phi) is 16.9. The molecule has 0 spiro atoms. The van der Waals surface area contributed by atoms with Crippen molar-refractivity contribution in [3.63, 3.8) is 0 Å².